The second-order valence-corrected chi connectivity index (χ2v) is 4.86. The molecule has 0 aliphatic carbocycles. The minimum atomic E-state index is -0.556. The molecule has 0 fully saturated rings. The van der Waals surface area contributed by atoms with Crippen molar-refractivity contribution in [3.63, 3.8) is 0 Å². The van der Waals surface area contributed by atoms with Gasteiger partial charge in [-0.1, -0.05) is 42.5 Å². The summed E-state index contributed by atoms with van der Waals surface area (Å²) in [4.78, 5) is 15.8. The van der Waals surface area contributed by atoms with E-state index in [-0.39, 0.29) is 5.71 Å². The molecule has 0 unspecified atom stereocenters. The molecule has 2 aromatic rings. The molecule has 0 bridgehead atoms. The van der Waals surface area contributed by atoms with Gasteiger partial charge in [0.25, 0.3) is 0 Å². The summed E-state index contributed by atoms with van der Waals surface area (Å²) in [5.41, 5.74) is 2.87. The molecule has 22 heavy (non-hydrogen) atoms. The lowest BCUT2D eigenvalue weighted by Crippen LogP contribution is -2.21. The molecule has 4 heteroatoms. The van der Waals surface area contributed by atoms with Crippen molar-refractivity contribution in [3.05, 3.63) is 65.2 Å². The van der Waals surface area contributed by atoms with Crippen LogP contribution in [0.4, 0.5) is 0 Å². The Morgan fingerprint density at radius 3 is 2.50 bits per heavy atom. The number of carbonyl (C=O) groups excluding carboxylic acids is 1. The fourth-order valence-electron chi connectivity index (χ4n) is 2.22. The van der Waals surface area contributed by atoms with E-state index in [4.69, 9.17) is 9.84 Å². The Kier molecular flexibility index (Phi) is 5.44. The van der Waals surface area contributed by atoms with E-state index in [1.165, 1.54) is 0 Å². The second-order valence-electron chi connectivity index (χ2n) is 4.86. The number of aliphatic hydroxyl groups is 1. The first-order valence-corrected chi connectivity index (χ1v) is 7.05. The molecule has 0 amide bonds. The molecule has 4 nitrogen and oxygen atoms in total. The zero-order valence-corrected chi connectivity index (χ0v) is 12.7. The minimum absolute atomic E-state index is 0.270. The monoisotopic (exact) mass is 297 g/mol. The average molecular weight is 297 g/mol. The lowest BCUT2D eigenvalue weighted by atomic mass is 10.0. The van der Waals surface area contributed by atoms with Gasteiger partial charge in [0.15, 0.2) is 0 Å². The normalized spacial score (nSPS) is 11.3. The Balaban J connectivity index is 2.26. The van der Waals surface area contributed by atoms with Gasteiger partial charge in [-0.3, -0.25) is 9.79 Å². The van der Waals surface area contributed by atoms with E-state index in [0.717, 1.165) is 16.9 Å². The average Bonchev–Trinajstić information content (AvgIpc) is 2.55. The van der Waals surface area contributed by atoms with Crippen molar-refractivity contribution in [3.8, 4) is 5.75 Å². The Morgan fingerprint density at radius 1 is 1.14 bits per heavy atom. The summed E-state index contributed by atoms with van der Waals surface area (Å²) in [6.45, 7) is 1.76. The van der Waals surface area contributed by atoms with Crippen LogP contribution in [0.2, 0.25) is 0 Å². The minimum Gasteiger partial charge on any atom is -0.489 e. The second kappa shape index (κ2) is 7.52. The molecule has 0 aliphatic rings. The van der Waals surface area contributed by atoms with Crippen LogP contribution in [0.5, 0.6) is 5.75 Å². The van der Waals surface area contributed by atoms with Crippen LogP contribution in [0.1, 0.15) is 16.7 Å². The molecule has 2 aromatic carbocycles. The predicted octanol–water partition coefficient (Wildman–Crippen LogP) is 2.55. The Labute approximate surface area is 130 Å². The summed E-state index contributed by atoms with van der Waals surface area (Å²) >= 11 is 0. The van der Waals surface area contributed by atoms with Crippen LogP contribution in [0.15, 0.2) is 53.5 Å². The van der Waals surface area contributed by atoms with Gasteiger partial charge in [0.2, 0.25) is 5.78 Å². The number of aliphatic imine (C=N–C) groups is 1. The first-order chi connectivity index (χ1) is 10.7. The maximum absolute atomic E-state index is 11.8. The van der Waals surface area contributed by atoms with E-state index in [9.17, 15) is 4.79 Å². The van der Waals surface area contributed by atoms with Gasteiger partial charge in [0.1, 0.15) is 24.7 Å². The first kappa shape index (κ1) is 15.9. The highest BCUT2D eigenvalue weighted by molar-refractivity contribution is 6.46. The number of hydrogen-bond acceptors (Lipinski definition) is 4. The number of rotatable bonds is 6. The van der Waals surface area contributed by atoms with E-state index in [1.807, 2.05) is 55.5 Å². The maximum Gasteiger partial charge on any atom is 0.206 e. The number of aryl methyl sites for hydroxylation is 1. The molecule has 0 heterocycles. The number of ketones is 1. The van der Waals surface area contributed by atoms with Crippen LogP contribution in [0, 0.1) is 6.92 Å². The Morgan fingerprint density at radius 2 is 1.82 bits per heavy atom. The zero-order valence-electron chi connectivity index (χ0n) is 12.7. The van der Waals surface area contributed by atoms with Gasteiger partial charge < -0.3 is 9.84 Å². The number of nitrogens with zero attached hydrogens (tertiary/aromatic N) is 1. The molecular formula is C18H19NO3. The summed E-state index contributed by atoms with van der Waals surface area (Å²) < 4.78 is 5.84. The van der Waals surface area contributed by atoms with Crippen molar-refractivity contribution < 1.29 is 14.6 Å². The fourth-order valence-corrected chi connectivity index (χ4v) is 2.22. The standard InChI is InChI=1S/C18H19NO3/c1-13-7-3-6-10-17(13)22-12-14-8-4-5-9-15(14)18(19-2)16(21)11-20/h3-10,20H,11-12H2,1-2H3/b19-18+. The van der Waals surface area contributed by atoms with Crippen molar-refractivity contribution in [2.45, 2.75) is 13.5 Å². The van der Waals surface area contributed by atoms with Gasteiger partial charge in [-0.2, -0.15) is 0 Å². The van der Waals surface area contributed by atoms with E-state index in [1.54, 1.807) is 7.05 Å². The smallest absolute Gasteiger partial charge is 0.206 e. The molecule has 0 aliphatic heterocycles. The number of carbonyl (C=O) groups is 1. The molecule has 0 saturated carbocycles. The van der Waals surface area contributed by atoms with E-state index in [2.05, 4.69) is 4.99 Å². The molecule has 2 rings (SSSR count). The van der Waals surface area contributed by atoms with Crippen molar-refractivity contribution >= 4 is 11.5 Å². The fraction of sp³-hybridized carbons (Fsp3) is 0.222. The van der Waals surface area contributed by atoms with Crippen molar-refractivity contribution in [1.29, 1.82) is 0 Å². The summed E-state index contributed by atoms with van der Waals surface area (Å²) in [7, 11) is 1.54. The van der Waals surface area contributed by atoms with E-state index in [0.29, 0.717) is 12.2 Å². The molecule has 0 saturated heterocycles. The third-order valence-corrected chi connectivity index (χ3v) is 3.38. The predicted molar refractivity (Wildman–Crippen MR) is 86.5 cm³/mol. The van der Waals surface area contributed by atoms with Crippen LogP contribution in [0.3, 0.4) is 0 Å². The summed E-state index contributed by atoms with van der Waals surface area (Å²) in [6.07, 6.45) is 0. The van der Waals surface area contributed by atoms with Crippen LogP contribution in [-0.2, 0) is 11.4 Å². The number of aliphatic hydroxyl groups excluding tert-OH is 1. The zero-order chi connectivity index (χ0) is 15.9. The molecule has 0 aromatic heterocycles. The van der Waals surface area contributed by atoms with Crippen molar-refractivity contribution in [2.75, 3.05) is 13.7 Å². The van der Waals surface area contributed by atoms with Gasteiger partial charge in [-0.25, -0.2) is 0 Å². The summed E-state index contributed by atoms with van der Waals surface area (Å²) in [5.74, 6) is 0.409. The quantitative estimate of drug-likeness (QED) is 0.834. The molecule has 114 valence electrons. The van der Waals surface area contributed by atoms with Gasteiger partial charge in [0, 0.05) is 12.6 Å². The Bertz CT molecular complexity index is 692. The van der Waals surface area contributed by atoms with Gasteiger partial charge >= 0.3 is 0 Å². The van der Waals surface area contributed by atoms with E-state index >= 15 is 0 Å². The molecular weight excluding hydrogens is 278 g/mol. The van der Waals surface area contributed by atoms with Crippen LogP contribution in [-0.4, -0.2) is 30.3 Å². The van der Waals surface area contributed by atoms with Crippen LogP contribution >= 0.6 is 0 Å². The highest BCUT2D eigenvalue weighted by Gasteiger charge is 2.15. The van der Waals surface area contributed by atoms with Gasteiger partial charge in [-0.15, -0.1) is 0 Å². The molecule has 0 atom stereocenters. The number of hydrogen-bond donors (Lipinski definition) is 1. The number of para-hydroxylation sites is 1. The van der Waals surface area contributed by atoms with Gasteiger partial charge in [-0.05, 0) is 24.1 Å². The topological polar surface area (TPSA) is 58.9 Å². The maximum atomic E-state index is 11.8. The first-order valence-electron chi connectivity index (χ1n) is 7.05. The number of benzene rings is 2. The van der Waals surface area contributed by atoms with Crippen LogP contribution in [0.25, 0.3) is 0 Å². The molecule has 0 radical (unpaired) electrons. The molecule has 1 N–H and O–H groups in total. The lowest BCUT2D eigenvalue weighted by molar-refractivity contribution is -0.115. The summed E-state index contributed by atoms with van der Waals surface area (Å²) in [5, 5.41) is 9.07. The van der Waals surface area contributed by atoms with Crippen molar-refractivity contribution in [2.24, 2.45) is 4.99 Å². The highest BCUT2D eigenvalue weighted by Crippen LogP contribution is 2.19. The van der Waals surface area contributed by atoms with Gasteiger partial charge in [0.05, 0.1) is 0 Å². The lowest BCUT2D eigenvalue weighted by Gasteiger charge is -2.13. The third-order valence-electron chi connectivity index (χ3n) is 3.38. The number of ether oxygens (including phenoxy) is 1. The van der Waals surface area contributed by atoms with Crippen LogP contribution < -0.4 is 4.74 Å². The molecule has 0 spiro atoms. The summed E-state index contributed by atoms with van der Waals surface area (Å²) in [6, 6.07) is 15.2. The van der Waals surface area contributed by atoms with Crippen molar-refractivity contribution in [1.82, 2.24) is 0 Å². The highest BCUT2D eigenvalue weighted by atomic mass is 16.5. The largest absolute Gasteiger partial charge is 0.489 e. The SMILES string of the molecule is C/N=C(/C(=O)CO)c1ccccc1COc1ccccc1C. The third kappa shape index (κ3) is 3.59. The number of Topliss-reactive ketones (excluding diaryl/α,β-unsaturated/α-hetero) is 1. The van der Waals surface area contributed by atoms with E-state index < -0.39 is 12.4 Å². The Hall–Kier alpha value is -2.46.